The Kier molecular flexibility index (Phi) is 9.50. The van der Waals surface area contributed by atoms with Gasteiger partial charge in [-0.05, 0) is 48.0 Å². The van der Waals surface area contributed by atoms with E-state index < -0.39 is 36.3 Å². The molecule has 10 nitrogen and oxygen atoms in total. The zero-order valence-corrected chi connectivity index (χ0v) is 24.7. The Bertz CT molecular complexity index is 1690. The average Bonchev–Trinajstić information content (AvgIpc) is 3.18. The molecule has 4 aromatic rings. The zero-order valence-electron chi connectivity index (χ0n) is 24.7. The number of benzene rings is 3. The molecule has 0 aliphatic carbocycles. The number of ether oxygens (including phenoxy) is 5. The molecule has 0 radical (unpaired) electrons. The molecule has 1 aliphatic rings. The molecule has 1 N–H and O–H groups in total. The second-order valence-corrected chi connectivity index (χ2v) is 10.2. The first-order chi connectivity index (χ1) is 22.0. The van der Waals surface area contributed by atoms with Crippen molar-refractivity contribution < 1.29 is 51.6 Å². The van der Waals surface area contributed by atoms with E-state index >= 15 is 0 Å². The highest BCUT2D eigenvalue weighted by molar-refractivity contribution is 6.02. The van der Waals surface area contributed by atoms with Crippen molar-refractivity contribution in [1.82, 2.24) is 9.88 Å². The summed E-state index contributed by atoms with van der Waals surface area (Å²) in [6, 6.07) is 17.6. The average molecular weight is 639 g/mol. The van der Waals surface area contributed by atoms with E-state index in [1.54, 1.807) is 42.5 Å². The number of alkyl halides is 3. The third kappa shape index (κ3) is 7.60. The number of amides is 1. The third-order valence-corrected chi connectivity index (χ3v) is 7.01. The van der Waals surface area contributed by atoms with Crippen LogP contribution in [0.15, 0.2) is 79.0 Å². The summed E-state index contributed by atoms with van der Waals surface area (Å²) in [7, 11) is 3.01. The number of aromatic nitrogens is 1. The minimum atomic E-state index is -4.56. The number of carbonyl (C=O) groups is 2. The number of carbonyl (C=O) groups excluding carboxylic acids is 1. The predicted octanol–water partition coefficient (Wildman–Crippen LogP) is 5.73. The number of hydrogen-bond acceptors (Lipinski definition) is 8. The number of halogens is 3. The number of carboxylic acid groups (broad SMARTS) is 1. The lowest BCUT2D eigenvalue weighted by Gasteiger charge is -2.25. The molecule has 46 heavy (non-hydrogen) atoms. The van der Waals surface area contributed by atoms with Crippen LogP contribution in [0.1, 0.15) is 21.5 Å². The Hall–Kier alpha value is -5.46. The van der Waals surface area contributed by atoms with Gasteiger partial charge >= 0.3 is 12.1 Å². The van der Waals surface area contributed by atoms with Crippen LogP contribution in [-0.4, -0.2) is 66.9 Å². The Labute approximate surface area is 261 Å². The minimum absolute atomic E-state index is 0.0216. The lowest BCUT2D eigenvalue weighted by molar-refractivity contribution is -0.139. The molecular weight excluding hydrogens is 609 g/mol. The van der Waals surface area contributed by atoms with Crippen molar-refractivity contribution in [1.29, 1.82) is 0 Å². The van der Waals surface area contributed by atoms with E-state index in [4.69, 9.17) is 28.8 Å². The van der Waals surface area contributed by atoms with Crippen LogP contribution in [-0.2, 0) is 17.5 Å². The molecule has 0 spiro atoms. The number of rotatable bonds is 11. The van der Waals surface area contributed by atoms with Crippen molar-refractivity contribution in [2.24, 2.45) is 0 Å². The molecule has 2 heterocycles. The first kappa shape index (κ1) is 31.9. The maximum atomic E-state index is 14.2. The Morgan fingerprint density at radius 3 is 2.30 bits per heavy atom. The fourth-order valence-electron chi connectivity index (χ4n) is 4.87. The normalized spacial score (nSPS) is 14.5. The van der Waals surface area contributed by atoms with E-state index in [1.807, 2.05) is 0 Å². The molecule has 13 heteroatoms. The molecule has 0 saturated carbocycles. The second kappa shape index (κ2) is 13.7. The minimum Gasteiger partial charge on any atom is -0.496 e. The highest BCUT2D eigenvalue weighted by Crippen LogP contribution is 2.35. The molecule has 0 bridgehead atoms. The molecule has 1 aliphatic heterocycles. The van der Waals surface area contributed by atoms with Crippen LogP contribution in [0.5, 0.6) is 28.7 Å². The van der Waals surface area contributed by atoms with Gasteiger partial charge in [-0.1, -0.05) is 12.1 Å². The molecule has 0 saturated heterocycles. The van der Waals surface area contributed by atoms with Gasteiger partial charge in [0, 0.05) is 36.5 Å². The zero-order chi connectivity index (χ0) is 32.8. The van der Waals surface area contributed by atoms with Gasteiger partial charge in [0.15, 0.2) is 12.7 Å². The summed E-state index contributed by atoms with van der Waals surface area (Å²) >= 11 is 0. The van der Waals surface area contributed by atoms with E-state index in [1.165, 1.54) is 43.5 Å². The molecule has 1 atom stereocenters. The van der Waals surface area contributed by atoms with E-state index in [0.717, 1.165) is 12.1 Å². The number of methoxy groups -OCH3 is 2. The first-order valence-corrected chi connectivity index (χ1v) is 14.0. The summed E-state index contributed by atoms with van der Waals surface area (Å²) in [5.41, 5.74) is 0.325. The Morgan fingerprint density at radius 1 is 0.957 bits per heavy atom. The van der Waals surface area contributed by atoms with Crippen LogP contribution >= 0.6 is 0 Å². The van der Waals surface area contributed by atoms with Gasteiger partial charge in [-0.3, -0.25) is 9.78 Å². The van der Waals surface area contributed by atoms with Crippen LogP contribution in [0.3, 0.4) is 0 Å². The third-order valence-electron chi connectivity index (χ3n) is 7.01. The standard InChI is InChI=1S/C33H29F3N2O8/c1-42-24-13-25(43-2)15-26(14-24)44-18-27-17-38(16-20-4-3-5-22(12-20)33(34,35)36)32(41)30-28(46-27)10-11-37-31(30)21-6-8-23(9-7-21)45-19-29(39)40/h3-15,27H,16-19H2,1-2H3,(H,39,40). The van der Waals surface area contributed by atoms with Gasteiger partial charge in [0.1, 0.15) is 40.9 Å². The van der Waals surface area contributed by atoms with Crippen LogP contribution in [0, 0.1) is 0 Å². The number of nitrogens with zero attached hydrogens (tertiary/aromatic N) is 2. The second-order valence-electron chi connectivity index (χ2n) is 10.2. The molecular formula is C33H29F3N2O8. The Balaban J connectivity index is 1.49. The van der Waals surface area contributed by atoms with Gasteiger partial charge in [0.05, 0.1) is 32.0 Å². The monoisotopic (exact) mass is 638 g/mol. The van der Waals surface area contributed by atoms with E-state index in [2.05, 4.69) is 4.98 Å². The van der Waals surface area contributed by atoms with Gasteiger partial charge in [-0.25, -0.2) is 4.79 Å². The molecule has 3 aromatic carbocycles. The lowest BCUT2D eigenvalue weighted by atomic mass is 10.0. The highest BCUT2D eigenvalue weighted by Gasteiger charge is 2.34. The van der Waals surface area contributed by atoms with Gasteiger partial charge in [-0.15, -0.1) is 0 Å². The lowest BCUT2D eigenvalue weighted by Crippen LogP contribution is -2.39. The number of fused-ring (bicyclic) bond motifs is 1. The van der Waals surface area contributed by atoms with Crippen LogP contribution in [0.2, 0.25) is 0 Å². The van der Waals surface area contributed by atoms with Crippen molar-refractivity contribution in [3.05, 3.63) is 95.7 Å². The van der Waals surface area contributed by atoms with Gasteiger partial charge in [0.2, 0.25) is 0 Å². The van der Waals surface area contributed by atoms with Crippen LogP contribution < -0.4 is 23.7 Å². The highest BCUT2D eigenvalue weighted by atomic mass is 19.4. The largest absolute Gasteiger partial charge is 0.496 e. The summed E-state index contributed by atoms with van der Waals surface area (Å²) in [4.78, 5) is 30.9. The SMILES string of the molecule is COc1cc(OC)cc(OCC2CN(Cc3cccc(C(F)(F)F)c3)C(=O)c3c(ccnc3-c3ccc(OCC(=O)O)cc3)O2)c1. The van der Waals surface area contributed by atoms with E-state index in [0.29, 0.717) is 28.6 Å². The van der Waals surface area contributed by atoms with Crippen molar-refractivity contribution in [2.75, 3.05) is 34.0 Å². The summed E-state index contributed by atoms with van der Waals surface area (Å²) in [5.74, 6) is 0.286. The maximum absolute atomic E-state index is 14.2. The topological polar surface area (TPSA) is 117 Å². The van der Waals surface area contributed by atoms with Crippen molar-refractivity contribution in [3.8, 4) is 40.0 Å². The molecule has 1 amide bonds. The fraction of sp³-hybridized carbons (Fsp3) is 0.242. The van der Waals surface area contributed by atoms with Gasteiger partial charge < -0.3 is 33.7 Å². The van der Waals surface area contributed by atoms with Gasteiger partial charge in [0.25, 0.3) is 5.91 Å². The summed E-state index contributed by atoms with van der Waals surface area (Å²) in [6.07, 6.45) is -3.82. The number of pyridine rings is 1. The summed E-state index contributed by atoms with van der Waals surface area (Å²) in [5, 5.41) is 8.89. The van der Waals surface area contributed by atoms with E-state index in [9.17, 15) is 22.8 Å². The maximum Gasteiger partial charge on any atom is 0.416 e. The van der Waals surface area contributed by atoms with Crippen molar-refractivity contribution in [3.63, 3.8) is 0 Å². The van der Waals surface area contributed by atoms with Crippen molar-refractivity contribution in [2.45, 2.75) is 18.8 Å². The van der Waals surface area contributed by atoms with Gasteiger partial charge in [-0.2, -0.15) is 13.2 Å². The number of aliphatic carboxylic acids is 1. The predicted molar refractivity (Wildman–Crippen MR) is 158 cm³/mol. The molecule has 5 rings (SSSR count). The van der Waals surface area contributed by atoms with Crippen LogP contribution in [0.25, 0.3) is 11.3 Å². The molecule has 0 fully saturated rings. The smallest absolute Gasteiger partial charge is 0.416 e. The summed E-state index contributed by atoms with van der Waals surface area (Å²) in [6.45, 7) is -0.728. The summed E-state index contributed by atoms with van der Waals surface area (Å²) < 4.78 is 68.6. The van der Waals surface area contributed by atoms with Crippen LogP contribution in [0.4, 0.5) is 13.2 Å². The number of carboxylic acids is 1. The first-order valence-electron chi connectivity index (χ1n) is 14.0. The fourth-order valence-corrected chi connectivity index (χ4v) is 4.87. The van der Waals surface area contributed by atoms with Crippen molar-refractivity contribution >= 4 is 11.9 Å². The molecule has 1 aromatic heterocycles. The molecule has 240 valence electrons. The molecule has 1 unspecified atom stereocenters. The quantitative estimate of drug-likeness (QED) is 0.220. The number of hydrogen-bond donors (Lipinski definition) is 1. The Morgan fingerprint density at radius 2 is 1.65 bits per heavy atom. The van der Waals surface area contributed by atoms with E-state index in [-0.39, 0.29) is 42.3 Å².